The summed E-state index contributed by atoms with van der Waals surface area (Å²) in [6.07, 6.45) is 1.96. The lowest BCUT2D eigenvalue weighted by atomic mass is 10.2. The number of hydrogen-bond donors (Lipinski definition) is 1. The molecule has 2 saturated heterocycles. The van der Waals surface area contributed by atoms with Crippen molar-refractivity contribution in [3.8, 4) is 0 Å². The summed E-state index contributed by atoms with van der Waals surface area (Å²) in [6.45, 7) is 2.97. The van der Waals surface area contributed by atoms with Crippen LogP contribution in [0.5, 0.6) is 0 Å². The quantitative estimate of drug-likeness (QED) is 0.646. The predicted octanol–water partition coefficient (Wildman–Crippen LogP) is 0.159. The number of anilines is 2. The molecule has 1 atom stereocenters. The summed E-state index contributed by atoms with van der Waals surface area (Å²) in [5.41, 5.74) is 0.706. The normalized spacial score (nSPS) is 18.8. The number of cyclic esters (lactones) is 1. The lowest BCUT2D eigenvalue weighted by Crippen LogP contribution is -2.36. The molecule has 2 aliphatic rings. The van der Waals surface area contributed by atoms with Crippen molar-refractivity contribution in [1.29, 1.82) is 0 Å². The minimum Gasteiger partial charge on any atom is -0.442 e. The first-order valence-electron chi connectivity index (χ1n) is 10.4. The molecule has 2 aliphatic heterocycles. The SMILES string of the molecule is CC(=O)NC[C@H]1CN(c2ccc(N3CCON(C(=O)Cn4ccnn4)CC3)c(F)c2)C(=O)O1. The fraction of sp³-hybridized carbons (Fsp3) is 0.450. The number of benzene rings is 1. The Morgan fingerprint density at radius 2 is 2.12 bits per heavy atom. The van der Waals surface area contributed by atoms with E-state index < -0.39 is 18.0 Å². The van der Waals surface area contributed by atoms with E-state index in [4.69, 9.17) is 9.57 Å². The number of halogens is 1. The van der Waals surface area contributed by atoms with Crippen LogP contribution in [0.4, 0.5) is 20.6 Å². The molecule has 2 fully saturated rings. The van der Waals surface area contributed by atoms with Crippen molar-refractivity contribution >= 4 is 29.3 Å². The molecule has 12 nitrogen and oxygen atoms in total. The van der Waals surface area contributed by atoms with E-state index in [1.54, 1.807) is 23.2 Å². The van der Waals surface area contributed by atoms with Crippen LogP contribution in [0.3, 0.4) is 0 Å². The Hall–Kier alpha value is -3.74. The first-order valence-corrected chi connectivity index (χ1v) is 10.4. The van der Waals surface area contributed by atoms with Crippen LogP contribution in [0.2, 0.25) is 0 Å². The predicted molar refractivity (Wildman–Crippen MR) is 113 cm³/mol. The van der Waals surface area contributed by atoms with E-state index >= 15 is 0 Å². The molecule has 0 bridgehead atoms. The maximum absolute atomic E-state index is 15.0. The van der Waals surface area contributed by atoms with Gasteiger partial charge in [0.1, 0.15) is 18.5 Å². The molecule has 176 valence electrons. The molecule has 2 aromatic rings. The summed E-state index contributed by atoms with van der Waals surface area (Å²) in [4.78, 5) is 44.3. The molecular weight excluding hydrogens is 437 g/mol. The summed E-state index contributed by atoms with van der Waals surface area (Å²) >= 11 is 0. The Labute approximate surface area is 188 Å². The van der Waals surface area contributed by atoms with E-state index in [0.29, 0.717) is 24.5 Å². The van der Waals surface area contributed by atoms with Crippen LogP contribution >= 0.6 is 0 Å². The number of hydroxylamine groups is 2. The van der Waals surface area contributed by atoms with Crippen molar-refractivity contribution in [2.45, 2.75) is 19.6 Å². The van der Waals surface area contributed by atoms with E-state index in [0.717, 1.165) is 0 Å². The Balaban J connectivity index is 1.37. The van der Waals surface area contributed by atoms with Crippen molar-refractivity contribution in [2.24, 2.45) is 0 Å². The van der Waals surface area contributed by atoms with Crippen LogP contribution in [-0.2, 0) is 25.7 Å². The second-order valence-electron chi connectivity index (χ2n) is 7.61. The minimum absolute atomic E-state index is 0.00206. The maximum atomic E-state index is 15.0. The van der Waals surface area contributed by atoms with Crippen LogP contribution < -0.4 is 15.1 Å². The zero-order valence-corrected chi connectivity index (χ0v) is 18.0. The van der Waals surface area contributed by atoms with Gasteiger partial charge in [-0.25, -0.2) is 18.9 Å². The van der Waals surface area contributed by atoms with Gasteiger partial charge in [0.25, 0.3) is 5.91 Å². The number of amides is 3. The van der Waals surface area contributed by atoms with E-state index in [2.05, 4.69) is 15.6 Å². The molecule has 0 spiro atoms. The molecule has 0 unspecified atom stereocenters. The minimum atomic E-state index is -0.595. The molecule has 1 N–H and O–H groups in total. The number of nitrogens with one attached hydrogen (secondary N) is 1. The Bertz CT molecular complexity index is 1020. The first kappa shape index (κ1) is 22.5. The molecule has 0 radical (unpaired) electrons. The maximum Gasteiger partial charge on any atom is 0.414 e. The monoisotopic (exact) mass is 461 g/mol. The molecule has 1 aromatic carbocycles. The molecule has 13 heteroatoms. The van der Waals surface area contributed by atoms with Gasteiger partial charge in [0.05, 0.1) is 43.8 Å². The molecule has 33 heavy (non-hydrogen) atoms. The highest BCUT2D eigenvalue weighted by Crippen LogP contribution is 2.28. The van der Waals surface area contributed by atoms with Gasteiger partial charge in [0, 0.05) is 26.2 Å². The van der Waals surface area contributed by atoms with Crippen molar-refractivity contribution < 1.29 is 28.3 Å². The third kappa shape index (κ3) is 5.37. The average Bonchev–Trinajstić information content (AvgIpc) is 3.35. The van der Waals surface area contributed by atoms with Gasteiger partial charge in [0.15, 0.2) is 0 Å². The van der Waals surface area contributed by atoms with Gasteiger partial charge in [-0.2, -0.15) is 0 Å². The topological polar surface area (TPSA) is 122 Å². The van der Waals surface area contributed by atoms with Gasteiger partial charge in [-0.3, -0.25) is 19.3 Å². The molecule has 1 aromatic heterocycles. The highest BCUT2D eigenvalue weighted by molar-refractivity contribution is 5.90. The summed E-state index contributed by atoms with van der Waals surface area (Å²) in [7, 11) is 0. The molecule has 3 heterocycles. The molecule has 0 aliphatic carbocycles. The van der Waals surface area contributed by atoms with Gasteiger partial charge in [-0.05, 0) is 18.2 Å². The van der Waals surface area contributed by atoms with Crippen LogP contribution in [0.25, 0.3) is 0 Å². The van der Waals surface area contributed by atoms with Crippen LogP contribution in [0.15, 0.2) is 30.6 Å². The van der Waals surface area contributed by atoms with E-state index in [1.807, 2.05) is 0 Å². The largest absolute Gasteiger partial charge is 0.442 e. The Morgan fingerprint density at radius 1 is 1.27 bits per heavy atom. The number of carbonyl (C=O) groups excluding carboxylic acids is 3. The van der Waals surface area contributed by atoms with E-state index in [-0.39, 0.29) is 44.6 Å². The van der Waals surface area contributed by atoms with Gasteiger partial charge in [-0.15, -0.1) is 5.10 Å². The van der Waals surface area contributed by atoms with Gasteiger partial charge in [-0.1, -0.05) is 5.21 Å². The fourth-order valence-electron chi connectivity index (χ4n) is 3.64. The second-order valence-corrected chi connectivity index (χ2v) is 7.61. The van der Waals surface area contributed by atoms with Crippen molar-refractivity contribution in [3.63, 3.8) is 0 Å². The summed E-state index contributed by atoms with van der Waals surface area (Å²) < 4.78 is 21.6. The molecular formula is C20H24FN7O5. The smallest absolute Gasteiger partial charge is 0.414 e. The summed E-state index contributed by atoms with van der Waals surface area (Å²) in [5, 5.41) is 11.3. The molecule has 0 saturated carbocycles. The highest BCUT2D eigenvalue weighted by Gasteiger charge is 2.33. The van der Waals surface area contributed by atoms with E-state index in [9.17, 15) is 18.8 Å². The lowest BCUT2D eigenvalue weighted by Gasteiger charge is -2.24. The molecule has 4 rings (SSSR count). The fourth-order valence-corrected chi connectivity index (χ4v) is 3.64. The zero-order chi connectivity index (χ0) is 23.4. The lowest BCUT2D eigenvalue weighted by molar-refractivity contribution is -0.182. The molecule has 3 amide bonds. The van der Waals surface area contributed by atoms with Gasteiger partial charge >= 0.3 is 6.09 Å². The second kappa shape index (κ2) is 9.81. The average molecular weight is 461 g/mol. The zero-order valence-electron chi connectivity index (χ0n) is 18.0. The third-order valence-corrected chi connectivity index (χ3v) is 5.27. The standard InChI is InChI=1S/C20H24FN7O5/c1-14(29)22-11-16-12-27(20(31)33-16)15-2-3-18(17(21)10-15)25-6-7-28(32-9-8-25)19(30)13-26-5-4-23-24-26/h2-5,10,16H,6-9,11-13H2,1H3,(H,22,29)/t16-/m0/s1. The van der Waals surface area contributed by atoms with Gasteiger partial charge < -0.3 is 15.0 Å². The van der Waals surface area contributed by atoms with E-state index in [1.165, 1.54) is 33.8 Å². The number of aromatic nitrogens is 3. The van der Waals surface area contributed by atoms with Crippen molar-refractivity contribution in [2.75, 3.05) is 49.1 Å². The highest BCUT2D eigenvalue weighted by atomic mass is 19.1. The number of rotatable bonds is 6. The van der Waals surface area contributed by atoms with Gasteiger partial charge in [0.2, 0.25) is 5.91 Å². The Morgan fingerprint density at radius 3 is 2.85 bits per heavy atom. The Kier molecular flexibility index (Phi) is 6.68. The number of hydrogen-bond acceptors (Lipinski definition) is 8. The number of carbonyl (C=O) groups is 3. The summed E-state index contributed by atoms with van der Waals surface area (Å²) in [6, 6.07) is 4.50. The number of ether oxygens (including phenoxy) is 1. The van der Waals surface area contributed by atoms with Crippen LogP contribution in [0, 0.1) is 5.82 Å². The van der Waals surface area contributed by atoms with Crippen molar-refractivity contribution in [3.05, 3.63) is 36.4 Å². The summed E-state index contributed by atoms with van der Waals surface area (Å²) in [5.74, 6) is -1.01. The number of nitrogens with zero attached hydrogens (tertiary/aromatic N) is 6. The van der Waals surface area contributed by atoms with Crippen molar-refractivity contribution in [1.82, 2.24) is 25.4 Å². The van der Waals surface area contributed by atoms with Crippen LogP contribution in [0.1, 0.15) is 6.92 Å². The third-order valence-electron chi connectivity index (χ3n) is 5.27. The van der Waals surface area contributed by atoms with Crippen LogP contribution in [-0.4, -0.2) is 83.4 Å². The first-order chi connectivity index (χ1) is 15.9.